The van der Waals surface area contributed by atoms with Gasteiger partial charge in [0.15, 0.2) is 0 Å². The fourth-order valence-electron chi connectivity index (χ4n) is 1.70. The van der Waals surface area contributed by atoms with Crippen LogP contribution in [0.15, 0.2) is 55.5 Å². The first-order valence-corrected chi connectivity index (χ1v) is 6.54. The fourth-order valence-corrected chi connectivity index (χ4v) is 2.66. The molecule has 98 valence electrons. The zero-order chi connectivity index (χ0) is 13.9. The third kappa shape index (κ3) is 2.57. The highest BCUT2D eigenvalue weighted by Gasteiger charge is 2.28. The van der Waals surface area contributed by atoms with E-state index >= 15 is 0 Å². The van der Waals surface area contributed by atoms with E-state index in [-0.39, 0.29) is 0 Å². The van der Waals surface area contributed by atoms with Crippen molar-refractivity contribution in [3.8, 4) is 10.6 Å². The zero-order valence-electron chi connectivity index (χ0n) is 10.6. The molecule has 19 heavy (non-hydrogen) atoms. The summed E-state index contributed by atoms with van der Waals surface area (Å²) in [4.78, 5) is 5.06. The van der Waals surface area contributed by atoms with E-state index in [1.807, 2.05) is 0 Å². The Kier molecular flexibility index (Phi) is 3.78. The van der Waals surface area contributed by atoms with E-state index in [1.54, 1.807) is 43.7 Å². The first kappa shape index (κ1) is 13.5. The number of aliphatic hydroxyl groups is 1. The van der Waals surface area contributed by atoms with Gasteiger partial charge in [0.25, 0.3) is 0 Å². The number of nitrogens with zero attached hydrogens (tertiary/aromatic N) is 2. The van der Waals surface area contributed by atoms with Gasteiger partial charge in [-0.2, -0.15) is 5.10 Å². The number of aromatic nitrogens is 3. The lowest BCUT2D eigenvalue weighted by Crippen LogP contribution is -2.21. The van der Waals surface area contributed by atoms with Gasteiger partial charge in [0.05, 0.1) is 11.1 Å². The van der Waals surface area contributed by atoms with Crippen molar-refractivity contribution in [2.75, 3.05) is 0 Å². The molecule has 2 aromatic rings. The second-order valence-corrected chi connectivity index (χ2v) is 5.18. The summed E-state index contributed by atoms with van der Waals surface area (Å²) in [7, 11) is 0. The molecular weight excluding hydrogens is 258 g/mol. The molecule has 1 atom stereocenters. The normalized spacial score (nSPS) is 14.9. The minimum Gasteiger partial charge on any atom is -0.380 e. The largest absolute Gasteiger partial charge is 0.380 e. The Morgan fingerprint density at radius 2 is 2.26 bits per heavy atom. The molecule has 0 aliphatic rings. The fraction of sp³-hybridized carbons (Fsp3) is 0.143. The van der Waals surface area contributed by atoms with Crippen LogP contribution in [-0.4, -0.2) is 20.3 Å². The highest BCUT2D eigenvalue weighted by molar-refractivity contribution is 7.15. The topological polar surface area (TPSA) is 61.8 Å². The molecule has 0 spiro atoms. The van der Waals surface area contributed by atoms with Gasteiger partial charge in [-0.1, -0.05) is 31.4 Å². The predicted molar refractivity (Wildman–Crippen MR) is 77.7 cm³/mol. The number of thiazole rings is 1. The Hall–Kier alpha value is -1.98. The first-order chi connectivity index (χ1) is 9.09. The number of rotatable bonds is 5. The van der Waals surface area contributed by atoms with Crippen molar-refractivity contribution in [2.24, 2.45) is 0 Å². The third-order valence-corrected chi connectivity index (χ3v) is 4.07. The molecule has 0 aromatic carbocycles. The minimum absolute atomic E-state index is 0.685. The molecule has 0 bridgehead atoms. The molecule has 1 unspecified atom stereocenters. The van der Waals surface area contributed by atoms with Crippen molar-refractivity contribution in [2.45, 2.75) is 12.5 Å². The summed E-state index contributed by atoms with van der Waals surface area (Å²) < 4.78 is 0. The molecular formula is C14H15N3OS. The minimum atomic E-state index is -1.13. The summed E-state index contributed by atoms with van der Waals surface area (Å²) in [6.07, 6.45) is 10.1. The summed E-state index contributed by atoms with van der Waals surface area (Å²) >= 11 is 1.42. The Labute approximate surface area is 115 Å². The van der Waals surface area contributed by atoms with Gasteiger partial charge in [0, 0.05) is 18.0 Å². The Morgan fingerprint density at radius 1 is 1.47 bits per heavy atom. The number of H-pyrrole nitrogens is 1. The molecule has 0 fully saturated rings. The van der Waals surface area contributed by atoms with Gasteiger partial charge in [0.1, 0.15) is 10.6 Å². The van der Waals surface area contributed by atoms with Crippen molar-refractivity contribution < 1.29 is 5.11 Å². The Bertz CT molecular complexity index is 608. The molecule has 2 N–H and O–H groups in total. The van der Waals surface area contributed by atoms with Crippen LogP contribution < -0.4 is 0 Å². The number of nitrogens with one attached hydrogen (secondary N) is 1. The zero-order valence-corrected chi connectivity index (χ0v) is 11.4. The number of hydrogen-bond donors (Lipinski definition) is 2. The van der Waals surface area contributed by atoms with Crippen LogP contribution >= 0.6 is 11.3 Å². The summed E-state index contributed by atoms with van der Waals surface area (Å²) in [5, 5.41) is 18.1. The van der Waals surface area contributed by atoms with Crippen LogP contribution in [0.25, 0.3) is 10.6 Å². The van der Waals surface area contributed by atoms with Crippen LogP contribution in [0.3, 0.4) is 0 Å². The van der Waals surface area contributed by atoms with E-state index in [4.69, 9.17) is 0 Å². The maximum absolute atomic E-state index is 10.6. The molecule has 2 heterocycles. The molecule has 2 rings (SSSR count). The molecule has 0 aliphatic carbocycles. The van der Waals surface area contributed by atoms with Gasteiger partial charge in [-0.15, -0.1) is 11.3 Å². The number of hydrogen-bond acceptors (Lipinski definition) is 4. The molecule has 5 heteroatoms. The predicted octanol–water partition coefficient (Wildman–Crippen LogP) is 3.04. The van der Waals surface area contributed by atoms with Crippen LogP contribution in [-0.2, 0) is 5.60 Å². The van der Waals surface area contributed by atoms with Crippen molar-refractivity contribution >= 4 is 11.3 Å². The highest BCUT2D eigenvalue weighted by Crippen LogP contribution is 2.36. The summed E-state index contributed by atoms with van der Waals surface area (Å²) in [5.41, 5.74) is 0.458. The second kappa shape index (κ2) is 5.34. The lowest BCUT2D eigenvalue weighted by molar-refractivity contribution is 0.105. The standard InChI is InChI=1S/C14H15N3OS/c1-4-6-11(5-2)14(3,18)12-9-15-13(19-12)10-7-16-17-8-10/h4-9,18H,1-2H2,3H3,(H,16,17)/b11-6+. The van der Waals surface area contributed by atoms with Crippen molar-refractivity contribution in [3.63, 3.8) is 0 Å². The number of allylic oxidation sites excluding steroid dienone is 2. The summed E-state index contributed by atoms with van der Waals surface area (Å²) in [6.45, 7) is 9.08. The quantitative estimate of drug-likeness (QED) is 0.823. The van der Waals surface area contributed by atoms with Crippen LogP contribution in [0.1, 0.15) is 11.8 Å². The first-order valence-electron chi connectivity index (χ1n) is 5.73. The van der Waals surface area contributed by atoms with Gasteiger partial charge < -0.3 is 5.11 Å². The van der Waals surface area contributed by atoms with Crippen LogP contribution in [0.2, 0.25) is 0 Å². The van der Waals surface area contributed by atoms with E-state index < -0.39 is 5.60 Å². The van der Waals surface area contributed by atoms with E-state index in [0.717, 1.165) is 15.4 Å². The van der Waals surface area contributed by atoms with Crippen LogP contribution in [0, 0.1) is 0 Å². The molecule has 2 aromatic heterocycles. The summed E-state index contributed by atoms with van der Waals surface area (Å²) in [6, 6.07) is 0. The van der Waals surface area contributed by atoms with E-state index in [0.29, 0.717) is 5.57 Å². The van der Waals surface area contributed by atoms with Crippen LogP contribution in [0.5, 0.6) is 0 Å². The van der Waals surface area contributed by atoms with E-state index in [1.165, 1.54) is 11.3 Å². The molecule has 0 amide bonds. The second-order valence-electron chi connectivity index (χ2n) is 4.15. The lowest BCUT2D eigenvalue weighted by atomic mass is 9.94. The van der Waals surface area contributed by atoms with E-state index in [9.17, 15) is 5.11 Å². The van der Waals surface area contributed by atoms with Gasteiger partial charge in [-0.3, -0.25) is 5.10 Å². The van der Waals surface area contributed by atoms with Crippen molar-refractivity contribution in [3.05, 3.63) is 60.4 Å². The Balaban J connectivity index is 2.39. The van der Waals surface area contributed by atoms with Gasteiger partial charge >= 0.3 is 0 Å². The average molecular weight is 273 g/mol. The lowest BCUT2D eigenvalue weighted by Gasteiger charge is -2.22. The average Bonchev–Trinajstić information content (AvgIpc) is 3.04. The third-order valence-electron chi connectivity index (χ3n) is 2.81. The van der Waals surface area contributed by atoms with Gasteiger partial charge in [0.2, 0.25) is 0 Å². The Morgan fingerprint density at radius 3 is 2.84 bits per heavy atom. The van der Waals surface area contributed by atoms with Crippen molar-refractivity contribution in [1.82, 2.24) is 15.2 Å². The molecule has 0 saturated heterocycles. The van der Waals surface area contributed by atoms with Gasteiger partial charge in [-0.05, 0) is 12.5 Å². The molecule has 0 saturated carbocycles. The van der Waals surface area contributed by atoms with E-state index in [2.05, 4.69) is 28.3 Å². The maximum Gasteiger partial charge on any atom is 0.126 e. The SMILES string of the molecule is C=C/C=C(\C=C)C(C)(O)c1cnc(-c2cn[nH]c2)s1. The molecule has 0 aliphatic heterocycles. The molecule has 4 nitrogen and oxygen atoms in total. The van der Waals surface area contributed by atoms with Crippen molar-refractivity contribution in [1.29, 1.82) is 0 Å². The number of aromatic amines is 1. The highest BCUT2D eigenvalue weighted by atomic mass is 32.1. The summed E-state index contributed by atoms with van der Waals surface area (Å²) in [5.74, 6) is 0. The molecule has 0 radical (unpaired) electrons. The monoisotopic (exact) mass is 273 g/mol. The maximum atomic E-state index is 10.6. The van der Waals surface area contributed by atoms with Crippen LogP contribution in [0.4, 0.5) is 0 Å². The smallest absolute Gasteiger partial charge is 0.126 e. The van der Waals surface area contributed by atoms with Gasteiger partial charge in [-0.25, -0.2) is 4.98 Å².